The van der Waals surface area contributed by atoms with Crippen molar-refractivity contribution in [2.75, 3.05) is 7.11 Å². The summed E-state index contributed by atoms with van der Waals surface area (Å²) in [5, 5.41) is 2.64. The minimum atomic E-state index is -0.567. The van der Waals surface area contributed by atoms with E-state index in [0.29, 0.717) is 12.8 Å². The summed E-state index contributed by atoms with van der Waals surface area (Å²) >= 11 is 0. The van der Waals surface area contributed by atoms with Gasteiger partial charge < -0.3 is 10.1 Å². The van der Waals surface area contributed by atoms with Gasteiger partial charge >= 0.3 is 5.97 Å². The molecule has 1 atom stereocenters. The first-order valence-corrected chi connectivity index (χ1v) is 5.02. The van der Waals surface area contributed by atoms with Crippen molar-refractivity contribution >= 4 is 11.9 Å². The summed E-state index contributed by atoms with van der Waals surface area (Å²) in [7, 11) is 1.31. The van der Waals surface area contributed by atoms with E-state index < -0.39 is 12.0 Å². The first kappa shape index (κ1) is 13.7. The first-order valence-electron chi connectivity index (χ1n) is 5.02. The van der Waals surface area contributed by atoms with Crippen molar-refractivity contribution in [1.82, 2.24) is 5.32 Å². The van der Waals surface area contributed by atoms with E-state index in [9.17, 15) is 9.59 Å². The molecular weight excluding hydrogens is 194 g/mol. The quantitative estimate of drug-likeness (QED) is 0.534. The van der Waals surface area contributed by atoms with Gasteiger partial charge in [0.15, 0.2) is 0 Å². The summed E-state index contributed by atoms with van der Waals surface area (Å²) in [6.45, 7) is 7.12. The van der Waals surface area contributed by atoms with Crippen LogP contribution in [-0.2, 0) is 14.3 Å². The van der Waals surface area contributed by atoms with Crippen LogP contribution in [0.4, 0.5) is 0 Å². The fourth-order valence-electron chi connectivity index (χ4n) is 1.01. The van der Waals surface area contributed by atoms with Crippen molar-refractivity contribution in [2.45, 2.75) is 32.7 Å². The number of amides is 1. The third kappa shape index (κ3) is 5.20. The molecule has 4 heteroatoms. The zero-order valence-corrected chi connectivity index (χ0v) is 9.58. The largest absolute Gasteiger partial charge is 0.467 e. The van der Waals surface area contributed by atoms with Crippen LogP contribution in [0.2, 0.25) is 0 Å². The van der Waals surface area contributed by atoms with Crippen LogP contribution in [0.5, 0.6) is 0 Å². The van der Waals surface area contributed by atoms with Crippen molar-refractivity contribution in [1.29, 1.82) is 0 Å². The summed E-state index contributed by atoms with van der Waals surface area (Å²) in [5.41, 5.74) is 0. The van der Waals surface area contributed by atoms with Gasteiger partial charge in [-0.2, -0.15) is 0 Å². The molecule has 1 amide bonds. The molecule has 0 saturated heterocycles. The van der Waals surface area contributed by atoms with Gasteiger partial charge in [0.05, 0.1) is 7.11 Å². The van der Waals surface area contributed by atoms with Gasteiger partial charge in [0, 0.05) is 5.92 Å². The Kier molecular flexibility index (Phi) is 6.42. The van der Waals surface area contributed by atoms with Gasteiger partial charge in [0.1, 0.15) is 6.04 Å². The highest BCUT2D eigenvalue weighted by Crippen LogP contribution is 2.02. The van der Waals surface area contributed by atoms with E-state index in [-0.39, 0.29) is 11.8 Å². The predicted molar refractivity (Wildman–Crippen MR) is 58.2 cm³/mol. The van der Waals surface area contributed by atoms with Gasteiger partial charge in [-0.25, -0.2) is 4.79 Å². The number of rotatable bonds is 6. The normalized spacial score (nSPS) is 12.0. The highest BCUT2D eigenvalue weighted by Gasteiger charge is 2.21. The number of nitrogens with one attached hydrogen (secondary N) is 1. The lowest BCUT2D eigenvalue weighted by Crippen LogP contribution is -2.43. The number of ether oxygens (including phenoxy) is 1. The summed E-state index contributed by atoms with van der Waals surface area (Å²) in [6, 6.07) is -0.567. The number of hydrogen-bond donors (Lipinski definition) is 1. The maximum atomic E-state index is 11.4. The number of hydrogen-bond acceptors (Lipinski definition) is 3. The first-order chi connectivity index (χ1) is 7.02. The fraction of sp³-hybridized carbons (Fsp3) is 0.636. The van der Waals surface area contributed by atoms with E-state index in [1.54, 1.807) is 19.9 Å². The number of allylic oxidation sites excluding steroid dienone is 1. The van der Waals surface area contributed by atoms with Gasteiger partial charge in [-0.15, -0.1) is 6.58 Å². The summed E-state index contributed by atoms with van der Waals surface area (Å²) in [4.78, 5) is 22.7. The van der Waals surface area contributed by atoms with Crippen LogP contribution < -0.4 is 5.32 Å². The van der Waals surface area contributed by atoms with E-state index in [1.807, 2.05) is 0 Å². The molecule has 0 spiro atoms. The Morgan fingerprint density at radius 1 is 1.47 bits per heavy atom. The highest BCUT2D eigenvalue weighted by molar-refractivity contribution is 5.85. The zero-order valence-electron chi connectivity index (χ0n) is 9.58. The number of esters is 1. The highest BCUT2D eigenvalue weighted by atomic mass is 16.5. The van der Waals surface area contributed by atoms with Crippen molar-refractivity contribution in [3.05, 3.63) is 12.7 Å². The molecule has 1 N–H and O–H groups in total. The van der Waals surface area contributed by atoms with Crippen LogP contribution in [0.25, 0.3) is 0 Å². The minimum Gasteiger partial charge on any atom is -0.467 e. The monoisotopic (exact) mass is 213 g/mol. The van der Waals surface area contributed by atoms with Crippen molar-refractivity contribution < 1.29 is 14.3 Å². The van der Waals surface area contributed by atoms with Crippen LogP contribution in [0.1, 0.15) is 26.7 Å². The molecule has 0 aliphatic carbocycles. The second kappa shape index (κ2) is 7.04. The molecule has 0 rings (SSSR count). The number of carbonyl (C=O) groups excluding carboxylic acids is 2. The third-order valence-corrected chi connectivity index (χ3v) is 1.99. The second-order valence-corrected chi connectivity index (χ2v) is 3.61. The molecule has 0 aliphatic heterocycles. The fourth-order valence-corrected chi connectivity index (χ4v) is 1.01. The summed E-state index contributed by atoms with van der Waals surface area (Å²) in [5.74, 6) is -0.693. The van der Waals surface area contributed by atoms with Gasteiger partial charge in [0.2, 0.25) is 5.91 Å². The Labute approximate surface area is 90.7 Å². The molecule has 0 radical (unpaired) electrons. The van der Waals surface area contributed by atoms with Gasteiger partial charge in [-0.3, -0.25) is 4.79 Å². The summed E-state index contributed by atoms with van der Waals surface area (Å²) < 4.78 is 4.60. The Bertz CT molecular complexity index is 236. The lowest BCUT2D eigenvalue weighted by Gasteiger charge is -2.16. The number of carbonyl (C=O) groups is 2. The van der Waals surface area contributed by atoms with E-state index in [4.69, 9.17) is 0 Å². The molecule has 0 saturated carbocycles. The Hall–Kier alpha value is -1.32. The zero-order chi connectivity index (χ0) is 11.8. The van der Waals surface area contributed by atoms with E-state index >= 15 is 0 Å². The topological polar surface area (TPSA) is 55.4 Å². The van der Waals surface area contributed by atoms with E-state index in [2.05, 4.69) is 16.6 Å². The SMILES string of the molecule is C=CCC[C@H](NC(=O)C(C)C)C(=O)OC. The molecule has 0 aliphatic rings. The minimum absolute atomic E-state index is 0.138. The van der Waals surface area contributed by atoms with Crippen LogP contribution in [0.3, 0.4) is 0 Å². The molecule has 0 fully saturated rings. The molecule has 0 bridgehead atoms. The van der Waals surface area contributed by atoms with Crippen LogP contribution in [0.15, 0.2) is 12.7 Å². The Morgan fingerprint density at radius 2 is 2.07 bits per heavy atom. The van der Waals surface area contributed by atoms with Crippen LogP contribution >= 0.6 is 0 Å². The smallest absolute Gasteiger partial charge is 0.328 e. The molecule has 0 aromatic rings. The lowest BCUT2D eigenvalue weighted by atomic mass is 10.1. The second-order valence-electron chi connectivity index (χ2n) is 3.61. The van der Waals surface area contributed by atoms with Crippen molar-refractivity contribution in [3.63, 3.8) is 0 Å². The van der Waals surface area contributed by atoms with Gasteiger partial charge in [0.25, 0.3) is 0 Å². The maximum Gasteiger partial charge on any atom is 0.328 e. The molecular formula is C11H19NO3. The van der Waals surface area contributed by atoms with Gasteiger partial charge in [-0.1, -0.05) is 19.9 Å². The van der Waals surface area contributed by atoms with Crippen LogP contribution in [-0.4, -0.2) is 25.0 Å². The maximum absolute atomic E-state index is 11.4. The molecule has 0 unspecified atom stereocenters. The molecule has 0 aromatic heterocycles. The summed E-state index contributed by atoms with van der Waals surface area (Å²) in [6.07, 6.45) is 2.89. The van der Waals surface area contributed by atoms with E-state index in [0.717, 1.165) is 0 Å². The van der Waals surface area contributed by atoms with Gasteiger partial charge in [-0.05, 0) is 12.8 Å². The molecule has 0 aromatic carbocycles. The van der Waals surface area contributed by atoms with Crippen LogP contribution in [0, 0.1) is 5.92 Å². The Balaban J connectivity index is 4.29. The molecule has 4 nitrogen and oxygen atoms in total. The standard InChI is InChI=1S/C11H19NO3/c1-5-6-7-9(11(14)15-4)12-10(13)8(2)3/h5,8-9H,1,6-7H2,2-4H3,(H,12,13)/t9-/m0/s1. The Morgan fingerprint density at radius 3 is 2.47 bits per heavy atom. The molecule has 15 heavy (non-hydrogen) atoms. The van der Waals surface area contributed by atoms with Crippen molar-refractivity contribution in [2.24, 2.45) is 5.92 Å². The lowest BCUT2D eigenvalue weighted by molar-refractivity contribution is -0.145. The van der Waals surface area contributed by atoms with Crippen molar-refractivity contribution in [3.8, 4) is 0 Å². The molecule has 0 heterocycles. The third-order valence-electron chi connectivity index (χ3n) is 1.99. The number of methoxy groups -OCH3 is 1. The average molecular weight is 213 g/mol. The average Bonchev–Trinajstić information content (AvgIpc) is 2.22. The van der Waals surface area contributed by atoms with E-state index in [1.165, 1.54) is 7.11 Å². The molecule has 86 valence electrons. The predicted octanol–water partition coefficient (Wildman–Crippen LogP) is 1.27.